The van der Waals surface area contributed by atoms with Gasteiger partial charge in [-0.15, -0.1) is 0 Å². The monoisotopic (exact) mass is 312 g/mol. The average Bonchev–Trinajstić information content (AvgIpc) is 2.67. The van der Waals surface area contributed by atoms with Crippen LogP contribution in [0, 0.1) is 0 Å². The molecule has 0 aliphatic carbocycles. The second-order valence-electron chi connectivity index (χ2n) is 4.59. The molecule has 0 radical (unpaired) electrons. The number of H-pyrrole nitrogens is 1. The lowest BCUT2D eigenvalue weighted by Gasteiger charge is -2.22. The summed E-state index contributed by atoms with van der Waals surface area (Å²) in [4.78, 5) is 3.50. The summed E-state index contributed by atoms with van der Waals surface area (Å²) < 4.78 is 1.19. The molecule has 1 aromatic heterocycles. The number of hydrogen-bond donors (Lipinski definition) is 2. The van der Waals surface area contributed by atoms with E-state index < -0.39 is 0 Å². The van der Waals surface area contributed by atoms with Crippen molar-refractivity contribution < 1.29 is 0 Å². The van der Waals surface area contributed by atoms with Crippen LogP contribution in [0.25, 0.3) is 10.9 Å². The smallest absolute Gasteiger partial charge is 0.0482 e. The average molecular weight is 314 g/mol. The van der Waals surface area contributed by atoms with Crippen LogP contribution in [0.1, 0.15) is 24.5 Å². The summed E-state index contributed by atoms with van der Waals surface area (Å²) in [6.45, 7) is 2.19. The zero-order valence-electron chi connectivity index (χ0n) is 9.39. The molecule has 1 fully saturated rings. The largest absolute Gasteiger partial charge is 0.357 e. The maximum absolute atomic E-state index is 6.02. The van der Waals surface area contributed by atoms with E-state index in [2.05, 4.69) is 32.3 Å². The molecule has 1 saturated heterocycles. The lowest BCUT2D eigenvalue weighted by atomic mass is 9.96. The standard InChI is InChI=1S/C13H14BrClN2/c14-12-10-4-3-9(15)6-11(10)17-13(12)8-2-1-5-16-7-8/h3-4,6,8,16-17H,1-2,5,7H2. The molecule has 0 spiro atoms. The lowest BCUT2D eigenvalue weighted by molar-refractivity contribution is 0.455. The van der Waals surface area contributed by atoms with Crippen molar-refractivity contribution >= 4 is 38.4 Å². The van der Waals surface area contributed by atoms with Crippen LogP contribution in [-0.4, -0.2) is 18.1 Å². The highest BCUT2D eigenvalue weighted by Crippen LogP contribution is 2.35. The van der Waals surface area contributed by atoms with Gasteiger partial charge in [0.25, 0.3) is 0 Å². The van der Waals surface area contributed by atoms with E-state index in [0.717, 1.165) is 23.6 Å². The molecule has 1 aromatic carbocycles. The fourth-order valence-corrected chi connectivity index (χ4v) is 3.48. The van der Waals surface area contributed by atoms with Gasteiger partial charge in [0.2, 0.25) is 0 Å². The van der Waals surface area contributed by atoms with Crippen molar-refractivity contribution in [3.05, 3.63) is 33.4 Å². The summed E-state index contributed by atoms with van der Waals surface area (Å²) in [7, 11) is 0. The van der Waals surface area contributed by atoms with Crippen LogP contribution in [0.2, 0.25) is 5.02 Å². The Kier molecular flexibility index (Phi) is 3.16. The predicted octanol–water partition coefficient (Wildman–Crippen LogP) is 4.05. The van der Waals surface area contributed by atoms with E-state index >= 15 is 0 Å². The first kappa shape index (κ1) is 11.6. The third-order valence-corrected chi connectivity index (χ3v) is 4.52. The normalized spacial score (nSPS) is 20.9. The van der Waals surface area contributed by atoms with Gasteiger partial charge in [0.1, 0.15) is 0 Å². The first-order valence-electron chi connectivity index (χ1n) is 5.93. The quantitative estimate of drug-likeness (QED) is 0.816. The number of aromatic amines is 1. The number of aromatic nitrogens is 1. The maximum atomic E-state index is 6.02. The van der Waals surface area contributed by atoms with Gasteiger partial charge in [0.05, 0.1) is 0 Å². The van der Waals surface area contributed by atoms with Crippen molar-refractivity contribution in [1.82, 2.24) is 10.3 Å². The maximum Gasteiger partial charge on any atom is 0.0482 e. The molecule has 1 aliphatic rings. The van der Waals surface area contributed by atoms with Crippen molar-refractivity contribution in [3.63, 3.8) is 0 Å². The summed E-state index contributed by atoms with van der Waals surface area (Å²) in [6.07, 6.45) is 2.49. The molecule has 0 bridgehead atoms. The van der Waals surface area contributed by atoms with E-state index in [1.807, 2.05) is 12.1 Å². The Labute approximate surface area is 114 Å². The minimum atomic E-state index is 0.573. The van der Waals surface area contributed by atoms with Crippen molar-refractivity contribution in [2.45, 2.75) is 18.8 Å². The van der Waals surface area contributed by atoms with E-state index in [9.17, 15) is 0 Å². The molecule has 0 amide bonds. The summed E-state index contributed by atoms with van der Waals surface area (Å²) in [6, 6.07) is 5.99. The SMILES string of the molecule is Clc1ccc2c(Br)c(C3CCCNC3)[nH]c2c1. The van der Waals surface area contributed by atoms with E-state index in [4.69, 9.17) is 11.6 Å². The fourth-order valence-electron chi connectivity index (χ4n) is 2.54. The zero-order valence-corrected chi connectivity index (χ0v) is 11.7. The Morgan fingerprint density at radius 3 is 3.00 bits per heavy atom. The third kappa shape index (κ3) is 2.12. The first-order valence-corrected chi connectivity index (χ1v) is 7.10. The Morgan fingerprint density at radius 1 is 1.35 bits per heavy atom. The Hall–Kier alpha value is -0.510. The topological polar surface area (TPSA) is 27.8 Å². The molecule has 2 aromatic rings. The minimum Gasteiger partial charge on any atom is -0.357 e. The second-order valence-corrected chi connectivity index (χ2v) is 5.82. The minimum absolute atomic E-state index is 0.573. The Balaban J connectivity index is 2.07. The number of benzene rings is 1. The van der Waals surface area contributed by atoms with Crippen LogP contribution in [0.4, 0.5) is 0 Å². The summed E-state index contributed by atoms with van der Waals surface area (Å²) >= 11 is 9.73. The summed E-state index contributed by atoms with van der Waals surface area (Å²) in [5, 5.41) is 5.44. The molecule has 1 atom stereocenters. The van der Waals surface area contributed by atoms with Crippen LogP contribution >= 0.6 is 27.5 Å². The zero-order chi connectivity index (χ0) is 11.8. The number of piperidine rings is 1. The molecule has 2 N–H and O–H groups in total. The van der Waals surface area contributed by atoms with E-state index in [1.54, 1.807) is 0 Å². The van der Waals surface area contributed by atoms with Gasteiger partial charge < -0.3 is 10.3 Å². The van der Waals surface area contributed by atoms with Gasteiger partial charge in [-0.1, -0.05) is 17.7 Å². The van der Waals surface area contributed by atoms with Crippen molar-refractivity contribution in [1.29, 1.82) is 0 Å². The van der Waals surface area contributed by atoms with Crippen LogP contribution in [0.5, 0.6) is 0 Å². The number of rotatable bonds is 1. The van der Waals surface area contributed by atoms with Crippen molar-refractivity contribution in [3.8, 4) is 0 Å². The van der Waals surface area contributed by atoms with E-state index in [-0.39, 0.29) is 0 Å². The molecule has 1 unspecified atom stereocenters. The molecule has 4 heteroatoms. The molecule has 2 heterocycles. The van der Waals surface area contributed by atoms with Gasteiger partial charge >= 0.3 is 0 Å². The van der Waals surface area contributed by atoms with Gasteiger partial charge in [-0.2, -0.15) is 0 Å². The highest BCUT2D eigenvalue weighted by molar-refractivity contribution is 9.10. The molecular formula is C13H14BrClN2. The Morgan fingerprint density at radius 2 is 2.24 bits per heavy atom. The molecule has 17 heavy (non-hydrogen) atoms. The lowest BCUT2D eigenvalue weighted by Crippen LogP contribution is -2.28. The van der Waals surface area contributed by atoms with E-state index in [0.29, 0.717) is 5.92 Å². The van der Waals surface area contributed by atoms with E-state index in [1.165, 1.54) is 28.4 Å². The molecule has 90 valence electrons. The van der Waals surface area contributed by atoms with Gasteiger partial charge in [0, 0.05) is 38.6 Å². The molecule has 1 aliphatic heterocycles. The molecule has 0 saturated carbocycles. The number of nitrogens with one attached hydrogen (secondary N) is 2. The van der Waals surface area contributed by atoms with Crippen molar-refractivity contribution in [2.24, 2.45) is 0 Å². The van der Waals surface area contributed by atoms with Crippen molar-refractivity contribution in [2.75, 3.05) is 13.1 Å². The highest BCUT2D eigenvalue weighted by atomic mass is 79.9. The summed E-state index contributed by atoms with van der Waals surface area (Å²) in [5.41, 5.74) is 2.42. The van der Waals surface area contributed by atoms with Gasteiger partial charge in [0.15, 0.2) is 0 Å². The number of hydrogen-bond acceptors (Lipinski definition) is 1. The highest BCUT2D eigenvalue weighted by Gasteiger charge is 2.20. The van der Waals surface area contributed by atoms with Gasteiger partial charge in [-0.05, 0) is 47.4 Å². The van der Waals surface area contributed by atoms with Crippen LogP contribution < -0.4 is 5.32 Å². The first-order chi connectivity index (χ1) is 8.25. The number of halogens is 2. The van der Waals surface area contributed by atoms with Gasteiger partial charge in [-0.3, -0.25) is 0 Å². The predicted molar refractivity (Wildman–Crippen MR) is 75.9 cm³/mol. The van der Waals surface area contributed by atoms with Crippen LogP contribution in [0.3, 0.4) is 0 Å². The number of fused-ring (bicyclic) bond motifs is 1. The van der Waals surface area contributed by atoms with Gasteiger partial charge in [-0.25, -0.2) is 0 Å². The fraction of sp³-hybridized carbons (Fsp3) is 0.385. The van der Waals surface area contributed by atoms with Crippen LogP contribution in [0.15, 0.2) is 22.7 Å². The second kappa shape index (κ2) is 4.63. The van der Waals surface area contributed by atoms with Crippen LogP contribution in [-0.2, 0) is 0 Å². The molecular weight excluding hydrogens is 300 g/mol. The third-order valence-electron chi connectivity index (χ3n) is 3.43. The molecule has 3 rings (SSSR count). The molecule has 2 nitrogen and oxygen atoms in total. The summed E-state index contributed by atoms with van der Waals surface area (Å²) in [5.74, 6) is 0.573. The Bertz CT molecular complexity index is 544.